The van der Waals surface area contributed by atoms with Crippen molar-refractivity contribution in [2.45, 2.75) is 78.6 Å². The maximum absolute atomic E-state index is 12.1. The first-order chi connectivity index (χ1) is 9.17. The van der Waals surface area contributed by atoms with Crippen LogP contribution in [0.25, 0.3) is 0 Å². The fraction of sp³-hybridized carbons (Fsp3) is 0.875. The van der Waals surface area contributed by atoms with Crippen LogP contribution < -0.4 is 0 Å². The first-order valence-corrected chi connectivity index (χ1v) is 7.86. The summed E-state index contributed by atoms with van der Waals surface area (Å²) in [6.45, 7) is 6.40. The number of esters is 1. The molecule has 19 heavy (non-hydrogen) atoms. The Morgan fingerprint density at radius 1 is 0.895 bits per heavy atom. The zero-order valence-corrected chi connectivity index (χ0v) is 12.9. The van der Waals surface area contributed by atoms with E-state index in [0.29, 0.717) is 19.4 Å². The highest BCUT2D eigenvalue weighted by Crippen LogP contribution is 2.17. The summed E-state index contributed by atoms with van der Waals surface area (Å²) in [6, 6.07) is 0. The first-order valence-electron chi connectivity index (χ1n) is 7.86. The van der Waals surface area contributed by atoms with E-state index in [-0.39, 0.29) is 11.8 Å². The first kappa shape index (κ1) is 18.1. The molecule has 0 aliphatic rings. The molecule has 1 unspecified atom stereocenters. The standard InChI is InChI=1S/C16H30O3/c1-4-7-9-11-13-15(17)14(12-10-8-5-2)16(18)19-6-3/h14H,4-13H2,1-3H3. The van der Waals surface area contributed by atoms with Gasteiger partial charge < -0.3 is 4.74 Å². The Morgan fingerprint density at radius 3 is 2.11 bits per heavy atom. The zero-order valence-electron chi connectivity index (χ0n) is 12.9. The highest BCUT2D eigenvalue weighted by atomic mass is 16.5. The average Bonchev–Trinajstić information content (AvgIpc) is 2.39. The van der Waals surface area contributed by atoms with Crippen LogP contribution in [0.2, 0.25) is 0 Å². The Balaban J connectivity index is 4.20. The average molecular weight is 270 g/mol. The van der Waals surface area contributed by atoms with Crippen molar-refractivity contribution in [1.82, 2.24) is 0 Å². The van der Waals surface area contributed by atoms with Crippen molar-refractivity contribution in [1.29, 1.82) is 0 Å². The predicted molar refractivity (Wildman–Crippen MR) is 78.0 cm³/mol. The minimum Gasteiger partial charge on any atom is -0.465 e. The minimum atomic E-state index is -0.520. The Kier molecular flexibility index (Phi) is 11.6. The van der Waals surface area contributed by atoms with E-state index >= 15 is 0 Å². The Labute approximate surface area is 118 Å². The molecule has 0 rings (SSSR count). The van der Waals surface area contributed by atoms with Crippen LogP contribution in [0, 0.1) is 5.92 Å². The van der Waals surface area contributed by atoms with Crippen LogP contribution >= 0.6 is 0 Å². The minimum absolute atomic E-state index is 0.0747. The van der Waals surface area contributed by atoms with Gasteiger partial charge in [-0.2, -0.15) is 0 Å². The second-order valence-electron chi connectivity index (χ2n) is 5.08. The quantitative estimate of drug-likeness (QED) is 0.302. The lowest BCUT2D eigenvalue weighted by molar-refractivity contribution is -0.152. The second-order valence-corrected chi connectivity index (χ2v) is 5.08. The highest BCUT2D eigenvalue weighted by Gasteiger charge is 2.26. The number of carbonyl (C=O) groups excluding carboxylic acids is 2. The van der Waals surface area contributed by atoms with Crippen LogP contribution in [-0.4, -0.2) is 18.4 Å². The molecular weight excluding hydrogens is 240 g/mol. The van der Waals surface area contributed by atoms with E-state index in [1.807, 2.05) is 0 Å². The predicted octanol–water partition coefficient (Wildman–Crippen LogP) is 4.29. The van der Waals surface area contributed by atoms with Crippen LogP contribution in [0.4, 0.5) is 0 Å². The normalized spacial score (nSPS) is 12.2. The number of hydrogen-bond acceptors (Lipinski definition) is 3. The maximum Gasteiger partial charge on any atom is 0.316 e. The molecule has 1 atom stereocenters. The van der Waals surface area contributed by atoms with Crippen molar-refractivity contribution in [3.63, 3.8) is 0 Å². The molecule has 112 valence electrons. The van der Waals surface area contributed by atoms with Crippen LogP contribution in [0.1, 0.15) is 78.6 Å². The number of carbonyl (C=O) groups is 2. The van der Waals surface area contributed by atoms with Crippen molar-refractivity contribution >= 4 is 11.8 Å². The van der Waals surface area contributed by atoms with Gasteiger partial charge in [-0.15, -0.1) is 0 Å². The van der Waals surface area contributed by atoms with Crippen molar-refractivity contribution in [3.05, 3.63) is 0 Å². The molecule has 0 N–H and O–H groups in total. The maximum atomic E-state index is 12.1. The van der Waals surface area contributed by atoms with E-state index in [1.54, 1.807) is 6.92 Å². The third-order valence-electron chi connectivity index (χ3n) is 3.33. The van der Waals surface area contributed by atoms with Gasteiger partial charge in [-0.1, -0.05) is 52.4 Å². The van der Waals surface area contributed by atoms with E-state index in [1.165, 1.54) is 0 Å². The summed E-state index contributed by atoms with van der Waals surface area (Å²) in [5, 5.41) is 0. The second kappa shape index (κ2) is 12.2. The molecule has 3 nitrogen and oxygen atoms in total. The van der Waals surface area contributed by atoms with E-state index in [0.717, 1.165) is 44.9 Å². The van der Waals surface area contributed by atoms with Gasteiger partial charge in [-0.05, 0) is 19.8 Å². The molecule has 0 aliphatic carbocycles. The summed E-state index contributed by atoms with van der Waals surface area (Å²) < 4.78 is 5.02. The molecular formula is C16H30O3. The Morgan fingerprint density at radius 2 is 1.53 bits per heavy atom. The smallest absolute Gasteiger partial charge is 0.316 e. The lowest BCUT2D eigenvalue weighted by Gasteiger charge is -2.14. The third-order valence-corrected chi connectivity index (χ3v) is 3.33. The van der Waals surface area contributed by atoms with Gasteiger partial charge in [-0.3, -0.25) is 9.59 Å². The van der Waals surface area contributed by atoms with Crippen LogP contribution in [0.5, 0.6) is 0 Å². The van der Waals surface area contributed by atoms with Gasteiger partial charge in [0.25, 0.3) is 0 Å². The number of unbranched alkanes of at least 4 members (excludes halogenated alkanes) is 5. The lowest BCUT2D eigenvalue weighted by Crippen LogP contribution is -2.26. The van der Waals surface area contributed by atoms with Crippen LogP contribution in [0.15, 0.2) is 0 Å². The van der Waals surface area contributed by atoms with Gasteiger partial charge in [0.1, 0.15) is 11.7 Å². The fourth-order valence-electron chi connectivity index (χ4n) is 2.15. The summed E-state index contributed by atoms with van der Waals surface area (Å²) in [5.74, 6) is -0.766. The Bertz CT molecular complexity index is 248. The molecule has 0 fully saturated rings. The number of ketones is 1. The molecule has 0 saturated heterocycles. The van der Waals surface area contributed by atoms with Gasteiger partial charge >= 0.3 is 5.97 Å². The molecule has 0 bridgehead atoms. The molecule has 0 amide bonds. The van der Waals surface area contributed by atoms with Crippen LogP contribution in [0.3, 0.4) is 0 Å². The monoisotopic (exact) mass is 270 g/mol. The van der Waals surface area contributed by atoms with Gasteiger partial charge in [0.2, 0.25) is 0 Å². The SMILES string of the molecule is CCCCCCC(=O)C(CCCCC)C(=O)OCC. The number of Topliss-reactive ketones (excluding diaryl/α,β-unsaturated/α-hetero) is 1. The molecule has 3 heteroatoms. The molecule has 0 radical (unpaired) electrons. The van der Waals surface area contributed by atoms with E-state index in [2.05, 4.69) is 13.8 Å². The summed E-state index contributed by atoms with van der Waals surface area (Å²) in [7, 11) is 0. The molecule has 0 heterocycles. The zero-order chi connectivity index (χ0) is 14.5. The largest absolute Gasteiger partial charge is 0.465 e. The van der Waals surface area contributed by atoms with Crippen LogP contribution in [-0.2, 0) is 14.3 Å². The molecule has 0 aromatic heterocycles. The van der Waals surface area contributed by atoms with Crippen molar-refractivity contribution < 1.29 is 14.3 Å². The molecule has 0 aromatic rings. The Hall–Kier alpha value is -0.860. The van der Waals surface area contributed by atoms with E-state index in [4.69, 9.17) is 4.74 Å². The van der Waals surface area contributed by atoms with Gasteiger partial charge in [0.05, 0.1) is 6.61 Å². The number of rotatable bonds is 12. The molecule has 0 saturated carbocycles. The molecule has 0 spiro atoms. The van der Waals surface area contributed by atoms with Crippen molar-refractivity contribution in [3.8, 4) is 0 Å². The molecule has 0 aromatic carbocycles. The van der Waals surface area contributed by atoms with Crippen molar-refractivity contribution in [2.75, 3.05) is 6.61 Å². The van der Waals surface area contributed by atoms with Gasteiger partial charge in [-0.25, -0.2) is 0 Å². The highest BCUT2D eigenvalue weighted by molar-refractivity contribution is 5.98. The lowest BCUT2D eigenvalue weighted by atomic mass is 9.93. The molecule has 0 aliphatic heterocycles. The number of ether oxygens (including phenoxy) is 1. The number of hydrogen-bond donors (Lipinski definition) is 0. The van der Waals surface area contributed by atoms with E-state index in [9.17, 15) is 9.59 Å². The fourth-order valence-corrected chi connectivity index (χ4v) is 2.15. The summed E-state index contributed by atoms with van der Waals surface area (Å²) in [6.07, 6.45) is 8.57. The van der Waals surface area contributed by atoms with Gasteiger partial charge in [0, 0.05) is 6.42 Å². The third kappa shape index (κ3) is 8.79. The van der Waals surface area contributed by atoms with E-state index < -0.39 is 5.92 Å². The summed E-state index contributed by atoms with van der Waals surface area (Å²) in [4.78, 5) is 23.9. The summed E-state index contributed by atoms with van der Waals surface area (Å²) in [5.41, 5.74) is 0. The summed E-state index contributed by atoms with van der Waals surface area (Å²) >= 11 is 0. The van der Waals surface area contributed by atoms with Crippen molar-refractivity contribution in [2.24, 2.45) is 5.92 Å². The topological polar surface area (TPSA) is 43.4 Å². The van der Waals surface area contributed by atoms with Gasteiger partial charge in [0.15, 0.2) is 0 Å².